The Morgan fingerprint density at radius 3 is 2.33 bits per heavy atom. The second-order valence-electron chi connectivity index (χ2n) is 7.22. The van der Waals surface area contributed by atoms with E-state index >= 15 is 0 Å². The summed E-state index contributed by atoms with van der Waals surface area (Å²) < 4.78 is 53.7. The first-order valence-electron chi connectivity index (χ1n) is 9.22. The van der Waals surface area contributed by atoms with Crippen LogP contribution in [0.1, 0.15) is 5.56 Å². The zero-order valence-corrected chi connectivity index (χ0v) is 17.4. The van der Waals surface area contributed by atoms with E-state index in [2.05, 4.69) is 0 Å². The number of rotatable bonds is 6. The first-order valence-corrected chi connectivity index (χ1v) is 10.7. The lowest BCUT2D eigenvalue weighted by atomic mass is 10.2. The maximum absolute atomic E-state index is 13.4. The molecular formula is C19H22F2N4O4S. The number of nitro benzene ring substituents is 1. The van der Waals surface area contributed by atoms with Crippen LogP contribution in [-0.4, -0.2) is 62.8 Å². The van der Waals surface area contributed by atoms with Crippen molar-refractivity contribution in [1.29, 1.82) is 0 Å². The standard InChI is InChI=1S/C19H22F2N4O4S/c1-22-7-9-24(10-8-22)30(28,29)15-4-6-18(19(12-15)25(26)27)23(2)13-14-3-5-16(20)17(21)11-14/h3-6,11-12H,7-10,13H2,1-2H3. The molecule has 162 valence electrons. The molecular weight excluding hydrogens is 418 g/mol. The highest BCUT2D eigenvalue weighted by Gasteiger charge is 2.30. The Balaban J connectivity index is 1.89. The summed E-state index contributed by atoms with van der Waals surface area (Å²) in [6.07, 6.45) is 0. The molecule has 0 saturated carbocycles. The van der Waals surface area contributed by atoms with Crippen molar-refractivity contribution in [2.45, 2.75) is 11.4 Å². The number of benzene rings is 2. The van der Waals surface area contributed by atoms with Crippen molar-refractivity contribution in [1.82, 2.24) is 9.21 Å². The van der Waals surface area contributed by atoms with Crippen LogP contribution in [0.15, 0.2) is 41.3 Å². The largest absolute Gasteiger partial charge is 0.365 e. The molecule has 0 amide bonds. The molecule has 11 heteroatoms. The van der Waals surface area contributed by atoms with E-state index in [0.29, 0.717) is 31.7 Å². The molecule has 0 N–H and O–H groups in total. The van der Waals surface area contributed by atoms with Gasteiger partial charge >= 0.3 is 0 Å². The van der Waals surface area contributed by atoms with Gasteiger partial charge in [0.25, 0.3) is 5.69 Å². The van der Waals surface area contributed by atoms with E-state index < -0.39 is 26.6 Å². The van der Waals surface area contributed by atoms with Crippen LogP contribution in [0, 0.1) is 21.7 Å². The smallest absolute Gasteiger partial charge is 0.293 e. The van der Waals surface area contributed by atoms with Gasteiger partial charge in [0.2, 0.25) is 10.0 Å². The van der Waals surface area contributed by atoms with Gasteiger partial charge in [-0.15, -0.1) is 0 Å². The number of sulfonamides is 1. The molecule has 0 atom stereocenters. The van der Waals surface area contributed by atoms with Crippen molar-refractivity contribution < 1.29 is 22.1 Å². The zero-order chi connectivity index (χ0) is 22.1. The summed E-state index contributed by atoms with van der Waals surface area (Å²) in [5.74, 6) is -1.99. The molecule has 30 heavy (non-hydrogen) atoms. The third kappa shape index (κ3) is 4.58. The maximum Gasteiger partial charge on any atom is 0.293 e. The van der Waals surface area contributed by atoms with Crippen LogP contribution >= 0.6 is 0 Å². The molecule has 1 aliphatic rings. The van der Waals surface area contributed by atoms with E-state index in [0.717, 1.165) is 18.2 Å². The van der Waals surface area contributed by atoms with E-state index in [1.54, 1.807) is 7.05 Å². The highest BCUT2D eigenvalue weighted by atomic mass is 32.2. The molecule has 1 heterocycles. The highest BCUT2D eigenvalue weighted by molar-refractivity contribution is 7.89. The van der Waals surface area contributed by atoms with Crippen LogP contribution in [-0.2, 0) is 16.6 Å². The first kappa shape index (κ1) is 22.1. The Labute approximate surface area is 173 Å². The topological polar surface area (TPSA) is 87.0 Å². The van der Waals surface area contributed by atoms with Crippen molar-refractivity contribution >= 4 is 21.4 Å². The van der Waals surface area contributed by atoms with Crippen molar-refractivity contribution in [2.24, 2.45) is 0 Å². The number of hydrogen-bond acceptors (Lipinski definition) is 6. The lowest BCUT2D eigenvalue weighted by molar-refractivity contribution is -0.384. The Morgan fingerprint density at radius 1 is 1.07 bits per heavy atom. The maximum atomic E-state index is 13.4. The Kier molecular flexibility index (Phi) is 6.34. The van der Waals surface area contributed by atoms with E-state index in [-0.39, 0.29) is 22.8 Å². The second-order valence-corrected chi connectivity index (χ2v) is 9.16. The van der Waals surface area contributed by atoms with Crippen LogP contribution < -0.4 is 4.90 Å². The lowest BCUT2D eigenvalue weighted by Crippen LogP contribution is -2.47. The molecule has 2 aromatic rings. The summed E-state index contributed by atoms with van der Waals surface area (Å²) >= 11 is 0. The summed E-state index contributed by atoms with van der Waals surface area (Å²) in [6.45, 7) is 1.85. The van der Waals surface area contributed by atoms with Crippen LogP contribution in [0.3, 0.4) is 0 Å². The van der Waals surface area contributed by atoms with E-state index in [9.17, 15) is 27.3 Å². The Morgan fingerprint density at radius 2 is 1.73 bits per heavy atom. The van der Waals surface area contributed by atoms with E-state index in [4.69, 9.17) is 0 Å². The molecule has 0 aliphatic carbocycles. The van der Waals surface area contributed by atoms with Gasteiger partial charge in [-0.2, -0.15) is 4.31 Å². The van der Waals surface area contributed by atoms with E-state index in [1.807, 2.05) is 11.9 Å². The van der Waals surface area contributed by atoms with Gasteiger partial charge < -0.3 is 9.80 Å². The van der Waals surface area contributed by atoms with Gasteiger partial charge in [0, 0.05) is 45.8 Å². The fourth-order valence-corrected chi connectivity index (χ4v) is 4.75. The van der Waals surface area contributed by atoms with Crippen molar-refractivity contribution in [3.8, 4) is 0 Å². The van der Waals surface area contributed by atoms with Gasteiger partial charge in [0.05, 0.1) is 9.82 Å². The SMILES string of the molecule is CN1CCN(S(=O)(=O)c2ccc(N(C)Cc3ccc(F)c(F)c3)c([N+](=O)[O-])c2)CC1. The molecule has 1 fully saturated rings. The number of piperazine rings is 1. The molecule has 0 aromatic heterocycles. The molecule has 1 saturated heterocycles. The minimum atomic E-state index is -3.86. The summed E-state index contributed by atoms with van der Waals surface area (Å²) in [6, 6.07) is 7.12. The van der Waals surface area contributed by atoms with Crippen molar-refractivity contribution in [3.63, 3.8) is 0 Å². The molecule has 2 aromatic carbocycles. The molecule has 1 aliphatic heterocycles. The minimum absolute atomic E-state index is 0.0720. The number of nitrogens with zero attached hydrogens (tertiary/aromatic N) is 4. The van der Waals surface area contributed by atoms with Crippen LogP contribution in [0.4, 0.5) is 20.2 Å². The fraction of sp³-hybridized carbons (Fsp3) is 0.368. The number of halogens is 2. The normalized spacial score (nSPS) is 15.9. The average molecular weight is 440 g/mol. The van der Waals surface area contributed by atoms with Crippen molar-refractivity contribution in [3.05, 3.63) is 63.7 Å². The molecule has 8 nitrogen and oxygen atoms in total. The summed E-state index contributed by atoms with van der Waals surface area (Å²) in [7, 11) is -0.412. The summed E-state index contributed by atoms with van der Waals surface area (Å²) in [5.41, 5.74) is 0.206. The molecule has 0 bridgehead atoms. The first-order chi connectivity index (χ1) is 14.1. The van der Waals surface area contributed by atoms with Gasteiger partial charge in [-0.3, -0.25) is 10.1 Å². The van der Waals surface area contributed by atoms with Gasteiger partial charge in [-0.1, -0.05) is 6.07 Å². The lowest BCUT2D eigenvalue weighted by Gasteiger charge is -2.31. The highest BCUT2D eigenvalue weighted by Crippen LogP contribution is 2.32. The van der Waals surface area contributed by atoms with Crippen LogP contribution in [0.25, 0.3) is 0 Å². The fourth-order valence-electron chi connectivity index (χ4n) is 3.31. The number of hydrogen-bond donors (Lipinski definition) is 0. The number of likely N-dealkylation sites (N-methyl/N-ethyl adjacent to an activating group) is 1. The molecule has 0 radical (unpaired) electrons. The monoisotopic (exact) mass is 440 g/mol. The zero-order valence-electron chi connectivity index (χ0n) is 16.6. The van der Waals surface area contributed by atoms with Gasteiger partial charge in [-0.05, 0) is 36.9 Å². The predicted molar refractivity (Wildman–Crippen MR) is 108 cm³/mol. The van der Waals surface area contributed by atoms with E-state index in [1.165, 1.54) is 27.4 Å². The van der Waals surface area contributed by atoms with Crippen LogP contribution in [0.5, 0.6) is 0 Å². The molecule has 0 spiro atoms. The predicted octanol–water partition coefficient (Wildman–Crippen LogP) is 2.45. The van der Waals surface area contributed by atoms with Gasteiger partial charge in [0.1, 0.15) is 5.69 Å². The number of anilines is 1. The minimum Gasteiger partial charge on any atom is -0.365 e. The third-order valence-electron chi connectivity index (χ3n) is 5.06. The Bertz CT molecular complexity index is 1060. The van der Waals surface area contributed by atoms with Crippen LogP contribution in [0.2, 0.25) is 0 Å². The molecule has 0 unspecified atom stereocenters. The third-order valence-corrected chi connectivity index (χ3v) is 6.95. The quantitative estimate of drug-likeness (QED) is 0.507. The second kappa shape index (κ2) is 8.62. The number of nitro groups is 1. The van der Waals surface area contributed by atoms with Gasteiger partial charge in [0.15, 0.2) is 11.6 Å². The Hall–Kier alpha value is -2.63. The van der Waals surface area contributed by atoms with Crippen molar-refractivity contribution in [2.75, 3.05) is 45.2 Å². The van der Waals surface area contributed by atoms with Gasteiger partial charge in [-0.25, -0.2) is 17.2 Å². The summed E-state index contributed by atoms with van der Waals surface area (Å²) in [4.78, 5) is 14.3. The molecule has 3 rings (SSSR count). The summed E-state index contributed by atoms with van der Waals surface area (Å²) in [5, 5.41) is 11.6. The average Bonchev–Trinajstić information content (AvgIpc) is 2.70.